The number of rotatable bonds is 8. The fourth-order valence-electron chi connectivity index (χ4n) is 4.00. The van der Waals surface area contributed by atoms with Crippen molar-refractivity contribution in [3.8, 4) is 16.9 Å². The molecule has 0 radical (unpaired) electrons. The molecular weight excluding hydrogens is 429 g/mol. The van der Waals surface area contributed by atoms with Gasteiger partial charge in [0.05, 0.1) is 22.6 Å². The minimum absolute atomic E-state index is 0.232. The summed E-state index contributed by atoms with van der Waals surface area (Å²) in [5.41, 5.74) is -0.441. The highest BCUT2D eigenvalue weighted by Gasteiger charge is 2.42. The average molecular weight is 455 g/mol. The number of benzene rings is 2. The Hall–Kier alpha value is -2.21. The van der Waals surface area contributed by atoms with E-state index in [-0.39, 0.29) is 10.9 Å². The molecule has 1 saturated carbocycles. The van der Waals surface area contributed by atoms with E-state index in [1.165, 1.54) is 12.1 Å². The van der Waals surface area contributed by atoms with E-state index in [2.05, 4.69) is 0 Å². The molecule has 1 aliphatic rings. The summed E-state index contributed by atoms with van der Waals surface area (Å²) < 4.78 is 45.0. The fourth-order valence-corrected chi connectivity index (χ4v) is 4.28. The van der Waals surface area contributed by atoms with Crippen molar-refractivity contribution in [3.05, 3.63) is 52.5 Å². The van der Waals surface area contributed by atoms with Gasteiger partial charge in [0.2, 0.25) is 0 Å². The molecule has 2 aromatic carbocycles. The van der Waals surface area contributed by atoms with Crippen molar-refractivity contribution in [2.24, 2.45) is 11.8 Å². The predicted molar refractivity (Wildman–Crippen MR) is 115 cm³/mol. The van der Waals surface area contributed by atoms with Crippen LogP contribution in [0.2, 0.25) is 5.02 Å². The van der Waals surface area contributed by atoms with Crippen LogP contribution in [0.3, 0.4) is 0 Å². The zero-order chi connectivity index (χ0) is 23.0. The van der Waals surface area contributed by atoms with Gasteiger partial charge < -0.3 is 9.84 Å². The molecule has 0 aromatic heterocycles. The van der Waals surface area contributed by atoms with E-state index in [1.807, 2.05) is 13.8 Å². The molecule has 1 fully saturated rings. The molecule has 168 valence electrons. The van der Waals surface area contributed by atoms with Crippen LogP contribution < -0.4 is 4.74 Å². The van der Waals surface area contributed by atoms with E-state index >= 15 is 0 Å². The summed E-state index contributed by atoms with van der Waals surface area (Å²) in [6.45, 7) is 5.94. The van der Waals surface area contributed by atoms with Crippen LogP contribution in [0.15, 0.2) is 36.4 Å². The highest BCUT2D eigenvalue weighted by atomic mass is 35.5. The maximum Gasteiger partial charge on any atom is 0.416 e. The maximum atomic E-state index is 13.0. The zero-order valence-corrected chi connectivity index (χ0v) is 18.5. The molecule has 0 spiro atoms. The molecule has 0 aliphatic heterocycles. The lowest BCUT2D eigenvalue weighted by Gasteiger charge is -2.34. The molecule has 31 heavy (non-hydrogen) atoms. The molecule has 1 N–H and O–H groups in total. The second-order valence-corrected chi connectivity index (χ2v) is 8.86. The number of alkyl halides is 3. The molecule has 0 saturated heterocycles. The highest BCUT2D eigenvalue weighted by Crippen LogP contribution is 2.45. The smallest absolute Gasteiger partial charge is 0.416 e. The van der Waals surface area contributed by atoms with Crippen LogP contribution in [0, 0.1) is 11.8 Å². The standard InChI is InChI=1S/C24H26ClF3O3/c1-4-23(14(2)3,22(29)30)18-11-19(16-7-9-17(10-8-16)24(26,27)28)21(20(25)12-18)31-13-15-5-6-15/h7-12,14-15H,4-6,13H2,1-3H3,(H,29,30). The number of ether oxygens (including phenoxy) is 1. The summed E-state index contributed by atoms with van der Waals surface area (Å²) in [6, 6.07) is 8.07. The zero-order valence-electron chi connectivity index (χ0n) is 17.7. The Kier molecular flexibility index (Phi) is 6.61. The molecule has 0 amide bonds. The predicted octanol–water partition coefficient (Wildman–Crippen LogP) is 7.20. The normalized spacial score (nSPS) is 16.3. The second kappa shape index (κ2) is 8.73. The van der Waals surface area contributed by atoms with Gasteiger partial charge in [0.25, 0.3) is 0 Å². The van der Waals surface area contributed by atoms with Gasteiger partial charge in [0, 0.05) is 5.56 Å². The molecular formula is C24H26ClF3O3. The molecule has 1 unspecified atom stereocenters. The van der Waals surface area contributed by atoms with Crippen molar-refractivity contribution in [3.63, 3.8) is 0 Å². The van der Waals surface area contributed by atoms with Crippen LogP contribution in [0.5, 0.6) is 5.75 Å². The summed E-state index contributed by atoms with van der Waals surface area (Å²) in [5, 5.41) is 10.3. The topological polar surface area (TPSA) is 46.5 Å². The summed E-state index contributed by atoms with van der Waals surface area (Å²) >= 11 is 6.57. The van der Waals surface area contributed by atoms with E-state index in [0.717, 1.165) is 25.0 Å². The van der Waals surface area contributed by atoms with Gasteiger partial charge in [0.15, 0.2) is 0 Å². The highest BCUT2D eigenvalue weighted by molar-refractivity contribution is 6.32. The Morgan fingerprint density at radius 3 is 2.23 bits per heavy atom. The molecule has 2 aromatic rings. The molecule has 1 atom stereocenters. The number of halogens is 4. The minimum Gasteiger partial charge on any atom is -0.491 e. The van der Waals surface area contributed by atoms with Crippen LogP contribution in [0.1, 0.15) is 51.2 Å². The van der Waals surface area contributed by atoms with E-state index in [0.29, 0.717) is 41.4 Å². The largest absolute Gasteiger partial charge is 0.491 e. The first-order valence-corrected chi connectivity index (χ1v) is 10.8. The molecule has 0 heterocycles. The SMILES string of the molecule is CCC(C(=O)O)(c1cc(Cl)c(OCC2CC2)c(-c2ccc(C(F)(F)F)cc2)c1)C(C)C. The van der Waals surface area contributed by atoms with Crippen LogP contribution in [-0.2, 0) is 16.4 Å². The lowest BCUT2D eigenvalue weighted by molar-refractivity contribution is -0.146. The van der Waals surface area contributed by atoms with Gasteiger partial charge in [-0.05, 0) is 66.5 Å². The van der Waals surface area contributed by atoms with Gasteiger partial charge in [-0.25, -0.2) is 0 Å². The van der Waals surface area contributed by atoms with Crippen molar-refractivity contribution in [2.45, 2.75) is 51.6 Å². The monoisotopic (exact) mass is 454 g/mol. The van der Waals surface area contributed by atoms with Crippen molar-refractivity contribution in [1.29, 1.82) is 0 Å². The third kappa shape index (κ3) is 4.69. The van der Waals surface area contributed by atoms with Crippen molar-refractivity contribution < 1.29 is 27.8 Å². The van der Waals surface area contributed by atoms with Gasteiger partial charge in [-0.15, -0.1) is 0 Å². The lowest BCUT2D eigenvalue weighted by atomic mass is 9.69. The minimum atomic E-state index is -4.44. The van der Waals surface area contributed by atoms with Crippen LogP contribution in [-0.4, -0.2) is 17.7 Å². The maximum absolute atomic E-state index is 13.0. The van der Waals surface area contributed by atoms with Crippen molar-refractivity contribution >= 4 is 17.6 Å². The lowest BCUT2D eigenvalue weighted by Crippen LogP contribution is -2.40. The Balaban J connectivity index is 2.17. The summed E-state index contributed by atoms with van der Waals surface area (Å²) in [7, 11) is 0. The van der Waals surface area contributed by atoms with Gasteiger partial charge >= 0.3 is 12.1 Å². The van der Waals surface area contributed by atoms with Crippen molar-refractivity contribution in [1.82, 2.24) is 0 Å². The summed E-state index contributed by atoms with van der Waals surface area (Å²) in [5.74, 6) is -0.382. The number of carboxylic acid groups (broad SMARTS) is 1. The van der Waals surface area contributed by atoms with Crippen LogP contribution >= 0.6 is 11.6 Å². The second-order valence-electron chi connectivity index (χ2n) is 8.45. The van der Waals surface area contributed by atoms with Gasteiger partial charge in [-0.1, -0.05) is 44.5 Å². The number of hydrogen-bond donors (Lipinski definition) is 1. The number of carboxylic acids is 1. The van der Waals surface area contributed by atoms with Gasteiger partial charge in [-0.2, -0.15) is 13.2 Å². The molecule has 0 bridgehead atoms. The Morgan fingerprint density at radius 2 is 1.77 bits per heavy atom. The Labute approximate surface area is 185 Å². The van der Waals surface area contributed by atoms with Crippen molar-refractivity contribution in [2.75, 3.05) is 6.61 Å². The van der Waals surface area contributed by atoms with E-state index in [1.54, 1.807) is 19.1 Å². The van der Waals surface area contributed by atoms with Crippen LogP contribution in [0.25, 0.3) is 11.1 Å². The van der Waals surface area contributed by atoms with Gasteiger partial charge in [0.1, 0.15) is 5.75 Å². The molecule has 3 rings (SSSR count). The first-order chi connectivity index (χ1) is 14.5. The van der Waals surface area contributed by atoms with E-state index in [4.69, 9.17) is 16.3 Å². The fraction of sp³-hybridized carbons (Fsp3) is 0.458. The molecule has 7 heteroatoms. The van der Waals surface area contributed by atoms with E-state index in [9.17, 15) is 23.1 Å². The Bertz CT molecular complexity index is 950. The van der Waals surface area contributed by atoms with E-state index < -0.39 is 23.1 Å². The summed E-state index contributed by atoms with van der Waals surface area (Å²) in [4.78, 5) is 12.3. The first kappa shape index (κ1) is 23.5. The first-order valence-electron chi connectivity index (χ1n) is 10.4. The number of aliphatic carboxylic acids is 1. The quantitative estimate of drug-likeness (QED) is 0.458. The third-order valence-corrected chi connectivity index (χ3v) is 6.45. The number of carbonyl (C=O) groups is 1. The molecule has 3 nitrogen and oxygen atoms in total. The summed E-state index contributed by atoms with van der Waals surface area (Å²) in [6.07, 6.45) is -1.97. The number of hydrogen-bond acceptors (Lipinski definition) is 2. The molecule has 1 aliphatic carbocycles. The van der Waals surface area contributed by atoms with Gasteiger partial charge in [-0.3, -0.25) is 4.79 Å². The Morgan fingerprint density at radius 1 is 1.16 bits per heavy atom. The third-order valence-electron chi connectivity index (χ3n) is 6.17. The van der Waals surface area contributed by atoms with Crippen LogP contribution in [0.4, 0.5) is 13.2 Å². The average Bonchev–Trinajstić information content (AvgIpc) is 3.51.